The molecule has 0 saturated carbocycles. The van der Waals surface area contributed by atoms with E-state index in [4.69, 9.17) is 15.5 Å². The van der Waals surface area contributed by atoms with Crippen LogP contribution < -0.4 is 0 Å². The van der Waals surface area contributed by atoms with Gasteiger partial charge in [0.15, 0.2) is 0 Å². The van der Waals surface area contributed by atoms with Gasteiger partial charge in [-0.25, -0.2) is 4.79 Å². The van der Waals surface area contributed by atoms with Crippen LogP contribution >= 0.6 is 15.9 Å². The van der Waals surface area contributed by atoms with Crippen LogP contribution in [0.5, 0.6) is 5.75 Å². The fourth-order valence-corrected chi connectivity index (χ4v) is 1.25. The van der Waals surface area contributed by atoms with Crippen LogP contribution in [0.25, 0.3) is 0 Å². The van der Waals surface area contributed by atoms with Gasteiger partial charge >= 0.3 is 5.97 Å². The van der Waals surface area contributed by atoms with Gasteiger partial charge in [0.25, 0.3) is 0 Å². The smallest absolute Gasteiger partial charge is 0.339 e. The van der Waals surface area contributed by atoms with Crippen LogP contribution in [0.2, 0.25) is 0 Å². The van der Waals surface area contributed by atoms with Gasteiger partial charge in [0.05, 0.1) is 5.56 Å². The van der Waals surface area contributed by atoms with E-state index in [2.05, 4.69) is 15.9 Å². The standard InChI is InChI=1S/C8H4BrNO3/c9-6-2-5(8(12)13)7(11)1-4(6)3-10/h1-2,11H,(H,12,13). The van der Waals surface area contributed by atoms with Crippen LogP contribution in [0, 0.1) is 11.3 Å². The number of carboxylic acids is 1. The largest absolute Gasteiger partial charge is 0.507 e. The molecule has 4 nitrogen and oxygen atoms in total. The minimum Gasteiger partial charge on any atom is -0.507 e. The number of aromatic carboxylic acids is 1. The number of rotatable bonds is 1. The molecule has 66 valence electrons. The number of nitrogens with zero attached hydrogens (tertiary/aromatic N) is 1. The van der Waals surface area contributed by atoms with Crippen LogP contribution in [0.3, 0.4) is 0 Å². The summed E-state index contributed by atoms with van der Waals surface area (Å²) in [5.74, 6) is -1.64. The fraction of sp³-hybridized carbons (Fsp3) is 0. The Kier molecular flexibility index (Phi) is 2.54. The number of benzene rings is 1. The number of aromatic hydroxyl groups is 1. The molecule has 0 spiro atoms. The summed E-state index contributed by atoms with van der Waals surface area (Å²) in [6.45, 7) is 0. The highest BCUT2D eigenvalue weighted by molar-refractivity contribution is 9.10. The van der Waals surface area contributed by atoms with Crippen LogP contribution in [0.1, 0.15) is 15.9 Å². The van der Waals surface area contributed by atoms with Gasteiger partial charge in [0.1, 0.15) is 17.4 Å². The molecule has 5 heteroatoms. The van der Waals surface area contributed by atoms with Gasteiger partial charge in [0, 0.05) is 4.47 Å². The van der Waals surface area contributed by atoms with E-state index >= 15 is 0 Å². The van der Waals surface area contributed by atoms with E-state index in [0.717, 1.165) is 6.07 Å². The van der Waals surface area contributed by atoms with E-state index in [1.807, 2.05) is 0 Å². The van der Waals surface area contributed by atoms with Crippen molar-refractivity contribution in [1.29, 1.82) is 5.26 Å². The molecule has 1 aromatic rings. The lowest BCUT2D eigenvalue weighted by Crippen LogP contribution is -1.97. The summed E-state index contributed by atoms with van der Waals surface area (Å²) < 4.78 is 0.352. The first-order valence-corrected chi connectivity index (χ1v) is 4.01. The highest BCUT2D eigenvalue weighted by Crippen LogP contribution is 2.25. The minimum absolute atomic E-state index is 0.197. The van der Waals surface area contributed by atoms with Crippen LogP contribution in [0.15, 0.2) is 16.6 Å². The number of halogens is 1. The second-order valence-corrected chi connectivity index (χ2v) is 3.12. The van der Waals surface area contributed by atoms with Crippen molar-refractivity contribution in [3.63, 3.8) is 0 Å². The number of carbonyl (C=O) groups is 1. The van der Waals surface area contributed by atoms with E-state index in [-0.39, 0.29) is 11.1 Å². The Morgan fingerprint density at radius 3 is 2.62 bits per heavy atom. The van der Waals surface area contributed by atoms with Crippen LogP contribution in [-0.2, 0) is 0 Å². The summed E-state index contributed by atoms with van der Waals surface area (Å²) in [5.41, 5.74) is -0.0339. The molecule has 0 aliphatic carbocycles. The topological polar surface area (TPSA) is 81.3 Å². The molecule has 0 bridgehead atoms. The predicted molar refractivity (Wildman–Crippen MR) is 47.5 cm³/mol. The molecule has 0 unspecified atom stereocenters. The molecule has 0 aliphatic heterocycles. The average molecular weight is 242 g/mol. The molecular weight excluding hydrogens is 238 g/mol. The number of carboxylic acid groups (broad SMARTS) is 1. The number of phenols is 1. The summed E-state index contributed by atoms with van der Waals surface area (Å²) in [4.78, 5) is 10.5. The summed E-state index contributed by atoms with van der Waals surface area (Å²) in [5, 5.41) is 26.3. The van der Waals surface area contributed by atoms with Crippen molar-refractivity contribution < 1.29 is 15.0 Å². The molecule has 0 aliphatic rings. The SMILES string of the molecule is N#Cc1cc(O)c(C(=O)O)cc1Br. The molecule has 0 saturated heterocycles. The van der Waals surface area contributed by atoms with Crippen molar-refractivity contribution in [1.82, 2.24) is 0 Å². The second-order valence-electron chi connectivity index (χ2n) is 2.27. The Balaban J connectivity index is 3.39. The molecule has 0 aromatic heterocycles. The third-order valence-corrected chi connectivity index (χ3v) is 2.09. The summed E-state index contributed by atoms with van der Waals surface area (Å²) in [7, 11) is 0. The van der Waals surface area contributed by atoms with Crippen LogP contribution in [0.4, 0.5) is 0 Å². The molecule has 0 heterocycles. The van der Waals surface area contributed by atoms with Gasteiger partial charge in [-0.3, -0.25) is 0 Å². The van der Waals surface area contributed by atoms with Gasteiger partial charge in [-0.15, -0.1) is 0 Å². The van der Waals surface area contributed by atoms with E-state index in [1.165, 1.54) is 6.07 Å². The normalized spacial score (nSPS) is 9.23. The molecule has 1 aromatic carbocycles. The quantitative estimate of drug-likeness (QED) is 0.785. The minimum atomic E-state index is -1.23. The van der Waals surface area contributed by atoms with Crippen molar-refractivity contribution in [2.24, 2.45) is 0 Å². The van der Waals surface area contributed by atoms with Crippen molar-refractivity contribution in [2.45, 2.75) is 0 Å². The lowest BCUT2D eigenvalue weighted by molar-refractivity contribution is 0.0693. The summed E-state index contributed by atoms with van der Waals surface area (Å²) in [6.07, 6.45) is 0. The maximum Gasteiger partial charge on any atom is 0.339 e. The lowest BCUT2D eigenvalue weighted by Gasteiger charge is -2.01. The molecule has 0 fully saturated rings. The maximum atomic E-state index is 10.5. The summed E-state index contributed by atoms with van der Waals surface area (Å²) >= 11 is 3.01. The molecule has 13 heavy (non-hydrogen) atoms. The highest BCUT2D eigenvalue weighted by Gasteiger charge is 2.12. The summed E-state index contributed by atoms with van der Waals surface area (Å²) in [6, 6.07) is 4.10. The fourth-order valence-electron chi connectivity index (χ4n) is 0.819. The first-order chi connectivity index (χ1) is 6.06. The lowest BCUT2D eigenvalue weighted by atomic mass is 10.1. The van der Waals surface area contributed by atoms with E-state index in [0.29, 0.717) is 4.47 Å². The monoisotopic (exact) mass is 241 g/mol. The van der Waals surface area contributed by atoms with Gasteiger partial charge in [0.2, 0.25) is 0 Å². The van der Waals surface area contributed by atoms with Crippen molar-refractivity contribution in [2.75, 3.05) is 0 Å². The Morgan fingerprint density at radius 1 is 1.54 bits per heavy atom. The van der Waals surface area contributed by atoms with Gasteiger partial charge < -0.3 is 10.2 Å². The first-order valence-electron chi connectivity index (χ1n) is 3.22. The Morgan fingerprint density at radius 2 is 2.15 bits per heavy atom. The maximum absolute atomic E-state index is 10.5. The third-order valence-electron chi connectivity index (χ3n) is 1.44. The molecule has 0 radical (unpaired) electrons. The van der Waals surface area contributed by atoms with E-state index in [1.54, 1.807) is 6.07 Å². The van der Waals surface area contributed by atoms with Gasteiger partial charge in [-0.1, -0.05) is 0 Å². The zero-order valence-electron chi connectivity index (χ0n) is 6.28. The van der Waals surface area contributed by atoms with Gasteiger partial charge in [-0.05, 0) is 28.1 Å². The number of hydrogen-bond donors (Lipinski definition) is 2. The molecule has 0 amide bonds. The van der Waals surface area contributed by atoms with Gasteiger partial charge in [-0.2, -0.15) is 5.26 Å². The van der Waals surface area contributed by atoms with Crippen molar-refractivity contribution in [3.8, 4) is 11.8 Å². The van der Waals surface area contributed by atoms with Crippen molar-refractivity contribution in [3.05, 3.63) is 27.7 Å². The van der Waals surface area contributed by atoms with Crippen molar-refractivity contribution >= 4 is 21.9 Å². The third kappa shape index (κ3) is 1.79. The molecular formula is C8H4BrNO3. The second kappa shape index (κ2) is 3.46. The Bertz CT molecular complexity index is 409. The Labute approximate surface area is 82.2 Å². The zero-order chi connectivity index (χ0) is 10.0. The average Bonchev–Trinajstić information content (AvgIpc) is 2.07. The van der Waals surface area contributed by atoms with E-state index < -0.39 is 11.7 Å². The Hall–Kier alpha value is -1.54. The highest BCUT2D eigenvalue weighted by atomic mass is 79.9. The number of hydrogen-bond acceptors (Lipinski definition) is 3. The molecule has 2 N–H and O–H groups in total. The molecule has 0 atom stereocenters. The van der Waals surface area contributed by atoms with E-state index in [9.17, 15) is 4.79 Å². The van der Waals surface area contributed by atoms with Crippen LogP contribution in [-0.4, -0.2) is 16.2 Å². The number of nitriles is 1. The zero-order valence-corrected chi connectivity index (χ0v) is 7.87. The first kappa shape index (κ1) is 9.55. The molecule has 1 rings (SSSR count). The predicted octanol–water partition coefficient (Wildman–Crippen LogP) is 1.72.